The number of hydrogen-bond acceptors (Lipinski definition) is 5. The minimum absolute atomic E-state index is 0.135. The van der Waals surface area contributed by atoms with E-state index in [-0.39, 0.29) is 18.4 Å². The largest absolute Gasteiger partial charge is 0.467 e. The monoisotopic (exact) mass is 254 g/mol. The first-order valence-electron chi connectivity index (χ1n) is 5.68. The van der Waals surface area contributed by atoms with Crippen molar-refractivity contribution >= 4 is 17.6 Å². The zero-order valence-corrected chi connectivity index (χ0v) is 10.8. The van der Waals surface area contributed by atoms with Crippen LogP contribution in [0.15, 0.2) is 12.4 Å². The number of hydrogen-bond donors (Lipinski definition) is 2. The molecular weight excluding hydrogens is 236 g/mol. The number of rotatable bonds is 6. The Balaban J connectivity index is 2.62. The van der Waals surface area contributed by atoms with Gasteiger partial charge in [0.15, 0.2) is 0 Å². The van der Waals surface area contributed by atoms with Gasteiger partial charge in [0.25, 0.3) is 0 Å². The highest BCUT2D eigenvalue weighted by Gasteiger charge is 2.17. The second kappa shape index (κ2) is 6.63. The fourth-order valence-corrected chi connectivity index (χ4v) is 1.42. The van der Waals surface area contributed by atoms with Gasteiger partial charge in [-0.25, -0.2) is 4.79 Å². The van der Waals surface area contributed by atoms with E-state index in [9.17, 15) is 9.59 Å². The van der Waals surface area contributed by atoms with Crippen molar-refractivity contribution < 1.29 is 14.3 Å². The van der Waals surface area contributed by atoms with Gasteiger partial charge in [-0.3, -0.25) is 9.48 Å². The number of anilines is 1. The SMILES string of the molecule is CCC(Nc1cnn(CC(=O)NC)c1)C(=O)OC. The van der Waals surface area contributed by atoms with Crippen molar-refractivity contribution in [2.45, 2.75) is 25.9 Å². The number of methoxy groups -OCH3 is 1. The summed E-state index contributed by atoms with van der Waals surface area (Å²) in [6.07, 6.45) is 3.84. The van der Waals surface area contributed by atoms with E-state index in [1.54, 1.807) is 19.4 Å². The molecule has 0 saturated carbocycles. The first-order valence-corrected chi connectivity index (χ1v) is 5.68. The van der Waals surface area contributed by atoms with E-state index in [4.69, 9.17) is 0 Å². The molecule has 0 bridgehead atoms. The highest BCUT2D eigenvalue weighted by atomic mass is 16.5. The molecule has 0 aliphatic heterocycles. The van der Waals surface area contributed by atoms with Crippen molar-refractivity contribution in [1.29, 1.82) is 0 Å². The van der Waals surface area contributed by atoms with Gasteiger partial charge in [-0.2, -0.15) is 5.10 Å². The van der Waals surface area contributed by atoms with E-state index in [2.05, 4.69) is 20.5 Å². The van der Waals surface area contributed by atoms with Gasteiger partial charge < -0.3 is 15.4 Å². The van der Waals surface area contributed by atoms with Crippen LogP contribution >= 0.6 is 0 Å². The van der Waals surface area contributed by atoms with Crippen LogP contribution in [0.1, 0.15) is 13.3 Å². The van der Waals surface area contributed by atoms with Crippen LogP contribution in [-0.2, 0) is 20.9 Å². The minimum atomic E-state index is -0.410. The predicted molar refractivity (Wildman–Crippen MR) is 66.0 cm³/mol. The maximum Gasteiger partial charge on any atom is 0.328 e. The van der Waals surface area contributed by atoms with E-state index in [0.29, 0.717) is 12.1 Å². The van der Waals surface area contributed by atoms with Gasteiger partial charge in [0.05, 0.1) is 19.0 Å². The van der Waals surface area contributed by atoms with Gasteiger partial charge in [-0.05, 0) is 6.42 Å². The van der Waals surface area contributed by atoms with Crippen LogP contribution in [0.4, 0.5) is 5.69 Å². The van der Waals surface area contributed by atoms with Crippen molar-refractivity contribution in [1.82, 2.24) is 15.1 Å². The molecule has 0 aliphatic carbocycles. The fourth-order valence-electron chi connectivity index (χ4n) is 1.42. The molecule has 7 heteroatoms. The first-order chi connectivity index (χ1) is 8.60. The van der Waals surface area contributed by atoms with Crippen LogP contribution in [-0.4, -0.2) is 41.9 Å². The van der Waals surface area contributed by atoms with Crippen LogP contribution in [0, 0.1) is 0 Å². The number of nitrogens with zero attached hydrogens (tertiary/aromatic N) is 2. The van der Waals surface area contributed by atoms with Gasteiger partial charge in [0.2, 0.25) is 5.91 Å². The molecule has 0 aromatic carbocycles. The topological polar surface area (TPSA) is 85.3 Å². The molecule has 100 valence electrons. The molecule has 1 rings (SSSR count). The molecule has 18 heavy (non-hydrogen) atoms. The molecular formula is C11H18N4O3. The minimum Gasteiger partial charge on any atom is -0.467 e. The lowest BCUT2D eigenvalue weighted by atomic mass is 10.2. The summed E-state index contributed by atoms with van der Waals surface area (Å²) in [6, 6.07) is -0.410. The summed E-state index contributed by atoms with van der Waals surface area (Å²) in [5.74, 6) is -0.457. The zero-order chi connectivity index (χ0) is 13.5. The number of likely N-dealkylation sites (N-methyl/N-ethyl adjacent to an activating group) is 1. The Labute approximate surface area is 105 Å². The molecule has 0 spiro atoms. The van der Waals surface area contributed by atoms with Crippen molar-refractivity contribution in [3.63, 3.8) is 0 Å². The molecule has 1 aromatic rings. The second-order valence-electron chi connectivity index (χ2n) is 3.73. The molecule has 2 N–H and O–H groups in total. The first kappa shape index (κ1) is 14.0. The third-order valence-electron chi connectivity index (χ3n) is 2.45. The number of nitrogens with one attached hydrogen (secondary N) is 2. The highest BCUT2D eigenvalue weighted by molar-refractivity contribution is 5.79. The summed E-state index contributed by atoms with van der Waals surface area (Å²) >= 11 is 0. The van der Waals surface area contributed by atoms with Crippen LogP contribution in [0.5, 0.6) is 0 Å². The summed E-state index contributed by atoms with van der Waals surface area (Å²) in [6.45, 7) is 2.02. The second-order valence-corrected chi connectivity index (χ2v) is 3.73. The Bertz CT molecular complexity index is 416. The van der Waals surface area contributed by atoms with Gasteiger partial charge in [-0.15, -0.1) is 0 Å². The number of carbonyl (C=O) groups excluding carboxylic acids is 2. The van der Waals surface area contributed by atoms with E-state index in [1.807, 2.05) is 6.92 Å². The lowest BCUT2D eigenvalue weighted by molar-refractivity contribution is -0.141. The summed E-state index contributed by atoms with van der Waals surface area (Å²) in [5.41, 5.74) is 0.677. The van der Waals surface area contributed by atoms with Crippen molar-refractivity contribution in [3.05, 3.63) is 12.4 Å². The Kier molecular flexibility index (Phi) is 5.16. The van der Waals surface area contributed by atoms with E-state index in [1.165, 1.54) is 11.8 Å². The van der Waals surface area contributed by atoms with Crippen molar-refractivity contribution in [3.8, 4) is 0 Å². The highest BCUT2D eigenvalue weighted by Crippen LogP contribution is 2.09. The number of aromatic nitrogens is 2. The molecule has 7 nitrogen and oxygen atoms in total. The average molecular weight is 254 g/mol. The van der Waals surface area contributed by atoms with Gasteiger partial charge in [0, 0.05) is 13.2 Å². The van der Waals surface area contributed by atoms with Crippen LogP contribution in [0.3, 0.4) is 0 Å². The summed E-state index contributed by atoms with van der Waals surface area (Å²) in [4.78, 5) is 22.6. The average Bonchev–Trinajstić information content (AvgIpc) is 2.82. The van der Waals surface area contributed by atoms with E-state index >= 15 is 0 Å². The standard InChI is InChI=1S/C11H18N4O3/c1-4-9(11(17)18-3)14-8-5-13-15(6-8)7-10(16)12-2/h5-6,9,14H,4,7H2,1-3H3,(H,12,16). The molecule has 1 unspecified atom stereocenters. The maximum absolute atomic E-state index is 11.4. The van der Waals surface area contributed by atoms with Crippen LogP contribution < -0.4 is 10.6 Å². The molecule has 1 atom stereocenters. The number of carbonyl (C=O) groups is 2. The molecule has 0 aliphatic rings. The fraction of sp³-hybridized carbons (Fsp3) is 0.545. The predicted octanol–water partition coefficient (Wildman–Crippen LogP) is -0.00740. The van der Waals surface area contributed by atoms with Gasteiger partial charge in [0.1, 0.15) is 12.6 Å². The maximum atomic E-state index is 11.4. The Morgan fingerprint density at radius 1 is 1.56 bits per heavy atom. The normalized spacial score (nSPS) is 11.7. The summed E-state index contributed by atoms with van der Waals surface area (Å²) in [5, 5.41) is 9.53. The Morgan fingerprint density at radius 3 is 2.83 bits per heavy atom. The summed E-state index contributed by atoms with van der Waals surface area (Å²) in [7, 11) is 2.91. The lowest BCUT2D eigenvalue weighted by Gasteiger charge is -2.13. The molecule has 0 fully saturated rings. The zero-order valence-electron chi connectivity index (χ0n) is 10.8. The third-order valence-corrected chi connectivity index (χ3v) is 2.45. The van der Waals surface area contributed by atoms with Crippen molar-refractivity contribution in [2.75, 3.05) is 19.5 Å². The Hall–Kier alpha value is -2.05. The molecule has 0 saturated heterocycles. The molecule has 1 heterocycles. The molecule has 1 aromatic heterocycles. The smallest absolute Gasteiger partial charge is 0.328 e. The number of amides is 1. The lowest BCUT2D eigenvalue weighted by Crippen LogP contribution is -2.29. The van der Waals surface area contributed by atoms with E-state index < -0.39 is 6.04 Å². The van der Waals surface area contributed by atoms with Gasteiger partial charge in [-0.1, -0.05) is 6.92 Å². The van der Waals surface area contributed by atoms with Crippen LogP contribution in [0.2, 0.25) is 0 Å². The molecule has 1 amide bonds. The third kappa shape index (κ3) is 3.76. The quantitative estimate of drug-likeness (QED) is 0.698. The number of esters is 1. The van der Waals surface area contributed by atoms with Crippen molar-refractivity contribution in [2.24, 2.45) is 0 Å². The van der Waals surface area contributed by atoms with Gasteiger partial charge >= 0.3 is 5.97 Å². The number of ether oxygens (including phenoxy) is 1. The van der Waals surface area contributed by atoms with Crippen LogP contribution in [0.25, 0.3) is 0 Å². The summed E-state index contributed by atoms with van der Waals surface area (Å²) < 4.78 is 6.16. The molecule has 0 radical (unpaired) electrons. The van der Waals surface area contributed by atoms with E-state index in [0.717, 1.165) is 0 Å². The Morgan fingerprint density at radius 2 is 2.28 bits per heavy atom.